The summed E-state index contributed by atoms with van der Waals surface area (Å²) in [6.45, 7) is 6.65. The Hall–Kier alpha value is -0.460. The average Bonchev–Trinajstić information content (AvgIpc) is 2.99. The third-order valence-electron chi connectivity index (χ3n) is 6.98. The van der Waals surface area contributed by atoms with Crippen LogP contribution in [0.5, 0.6) is 0 Å². The molecule has 0 N–H and O–H groups in total. The Bertz CT molecular complexity index is 619. The van der Waals surface area contributed by atoms with Gasteiger partial charge in [0.1, 0.15) is 0 Å². The first kappa shape index (κ1) is 15.8. The summed E-state index contributed by atoms with van der Waals surface area (Å²) >= 11 is 1.77. The minimum Gasteiger partial charge on any atom is -0.340 e. The second-order valence-corrected chi connectivity index (χ2v) is 9.32. The van der Waals surface area contributed by atoms with Gasteiger partial charge < -0.3 is 9.47 Å². The van der Waals surface area contributed by atoms with Gasteiger partial charge in [0.25, 0.3) is 0 Å². The van der Waals surface area contributed by atoms with Gasteiger partial charge >= 0.3 is 0 Å². The molecular weight excluding hydrogens is 324 g/mol. The third kappa shape index (κ3) is 1.99. The minimum atomic E-state index is -0.682. The van der Waals surface area contributed by atoms with Crippen LogP contribution < -0.4 is 0 Å². The Morgan fingerprint density at radius 3 is 2.79 bits per heavy atom. The molecule has 8 atom stereocenters. The van der Waals surface area contributed by atoms with Gasteiger partial charge in [-0.25, -0.2) is 9.78 Å². The lowest BCUT2D eigenvalue weighted by atomic mass is 9.57. The van der Waals surface area contributed by atoms with Crippen LogP contribution in [-0.4, -0.2) is 17.7 Å². The fourth-order valence-electron chi connectivity index (χ4n) is 5.68. The van der Waals surface area contributed by atoms with Crippen molar-refractivity contribution in [3.8, 4) is 0 Å². The molecule has 5 fully saturated rings. The number of ether oxygens (including phenoxy) is 2. The van der Waals surface area contributed by atoms with Crippen molar-refractivity contribution in [1.29, 1.82) is 0 Å². The molecule has 132 valence electrons. The Morgan fingerprint density at radius 1 is 1.12 bits per heavy atom. The van der Waals surface area contributed by atoms with Gasteiger partial charge in [-0.15, -0.1) is 11.3 Å². The molecule has 4 saturated heterocycles. The van der Waals surface area contributed by atoms with Crippen molar-refractivity contribution in [1.82, 2.24) is 0 Å². The van der Waals surface area contributed by atoms with Crippen LogP contribution in [0.4, 0.5) is 0 Å². The predicted molar refractivity (Wildman–Crippen MR) is 90.1 cm³/mol. The summed E-state index contributed by atoms with van der Waals surface area (Å²) in [4.78, 5) is 13.3. The number of hydrogen-bond acceptors (Lipinski definition) is 5. The lowest BCUT2D eigenvalue weighted by molar-refractivity contribution is -0.571. The van der Waals surface area contributed by atoms with E-state index in [1.54, 1.807) is 11.3 Å². The van der Waals surface area contributed by atoms with Crippen molar-refractivity contribution in [2.75, 3.05) is 0 Å². The van der Waals surface area contributed by atoms with E-state index in [0.717, 1.165) is 19.3 Å². The monoisotopic (exact) mass is 350 g/mol. The predicted octanol–water partition coefficient (Wildman–Crippen LogP) is 4.67. The second-order valence-electron chi connectivity index (χ2n) is 8.34. The Kier molecular flexibility index (Phi) is 3.46. The first-order valence-electron chi connectivity index (χ1n) is 9.27. The SMILES string of the molecule is C[C@H]1[C@H](c2cccs2)O[C@@H]2O[C@]3(C)CC[C@H]4[C@H](C)CC[C@@H]1[C@@]24OO3. The topological polar surface area (TPSA) is 36.9 Å². The van der Waals surface area contributed by atoms with Gasteiger partial charge in [-0.3, -0.25) is 0 Å². The molecule has 0 amide bonds. The van der Waals surface area contributed by atoms with Crippen LogP contribution in [0.2, 0.25) is 0 Å². The van der Waals surface area contributed by atoms with Crippen molar-refractivity contribution < 1.29 is 19.2 Å². The van der Waals surface area contributed by atoms with Gasteiger partial charge in [0.05, 0.1) is 6.10 Å². The maximum atomic E-state index is 6.58. The lowest BCUT2D eigenvalue weighted by Crippen LogP contribution is -2.69. The molecular formula is C19H26O4S. The molecule has 1 spiro atoms. The number of thiophene rings is 1. The first-order chi connectivity index (χ1) is 11.5. The summed E-state index contributed by atoms with van der Waals surface area (Å²) in [7, 11) is 0. The number of rotatable bonds is 1. The quantitative estimate of drug-likeness (QED) is 0.690. The maximum Gasteiger partial charge on any atom is 0.201 e. The molecule has 0 aromatic carbocycles. The molecule has 0 unspecified atom stereocenters. The van der Waals surface area contributed by atoms with E-state index < -0.39 is 11.4 Å². The van der Waals surface area contributed by atoms with Crippen LogP contribution in [-0.2, 0) is 19.2 Å². The largest absolute Gasteiger partial charge is 0.340 e. The van der Waals surface area contributed by atoms with Crippen LogP contribution in [0.25, 0.3) is 0 Å². The summed E-state index contributed by atoms with van der Waals surface area (Å²) in [6, 6.07) is 4.29. The Labute approximate surface area is 147 Å². The van der Waals surface area contributed by atoms with E-state index in [1.807, 2.05) is 6.92 Å². The number of fused-ring (bicyclic) bond motifs is 2. The Morgan fingerprint density at radius 2 is 2.00 bits per heavy atom. The van der Waals surface area contributed by atoms with E-state index in [0.29, 0.717) is 23.7 Å². The molecule has 5 heteroatoms. The van der Waals surface area contributed by atoms with E-state index in [2.05, 4.69) is 31.4 Å². The summed E-state index contributed by atoms with van der Waals surface area (Å²) in [5, 5.41) is 2.13. The van der Waals surface area contributed by atoms with Crippen LogP contribution >= 0.6 is 11.3 Å². The van der Waals surface area contributed by atoms with E-state index in [4.69, 9.17) is 19.2 Å². The Balaban J connectivity index is 1.60. The summed E-state index contributed by atoms with van der Waals surface area (Å²) in [5.74, 6) is 1.18. The van der Waals surface area contributed by atoms with Crippen LogP contribution in [0.1, 0.15) is 57.4 Å². The van der Waals surface area contributed by atoms with Gasteiger partial charge in [-0.05, 0) is 55.4 Å². The zero-order chi connectivity index (χ0) is 16.5. The van der Waals surface area contributed by atoms with E-state index >= 15 is 0 Å². The average molecular weight is 350 g/mol. The normalized spacial score (nSPS) is 53.5. The van der Waals surface area contributed by atoms with Gasteiger partial charge in [-0.2, -0.15) is 0 Å². The highest BCUT2D eigenvalue weighted by Gasteiger charge is 2.69. The smallest absolute Gasteiger partial charge is 0.201 e. The number of hydrogen-bond donors (Lipinski definition) is 0. The van der Waals surface area contributed by atoms with Crippen LogP contribution in [0.15, 0.2) is 17.5 Å². The minimum absolute atomic E-state index is 0.0891. The molecule has 24 heavy (non-hydrogen) atoms. The molecule has 5 aliphatic rings. The highest BCUT2D eigenvalue weighted by Crippen LogP contribution is 2.62. The molecule has 5 heterocycles. The van der Waals surface area contributed by atoms with Crippen molar-refractivity contribution in [3.63, 3.8) is 0 Å². The maximum absolute atomic E-state index is 6.58. The van der Waals surface area contributed by atoms with Crippen molar-refractivity contribution >= 4 is 11.3 Å². The zero-order valence-corrected chi connectivity index (χ0v) is 15.4. The molecule has 1 aromatic rings. The van der Waals surface area contributed by atoms with Gasteiger partial charge in [0.2, 0.25) is 5.79 Å². The lowest BCUT2D eigenvalue weighted by Gasteiger charge is -2.60. The molecule has 2 bridgehead atoms. The standard InChI is InChI=1S/C19H26O4S/c1-11-6-7-14-12(2)16(15-5-4-10-24-15)20-17-19(14)13(11)8-9-18(3,21-17)22-23-19/h4-5,10-14,16-17H,6-9H2,1-3H3/t11-,12-,13+,14+,16-,17-,18+,19-/m1/s1. The third-order valence-corrected chi connectivity index (χ3v) is 7.92. The van der Waals surface area contributed by atoms with Crippen molar-refractivity contribution in [3.05, 3.63) is 22.4 Å². The first-order valence-corrected chi connectivity index (χ1v) is 10.1. The van der Waals surface area contributed by atoms with E-state index in [-0.39, 0.29) is 12.4 Å². The van der Waals surface area contributed by atoms with Gasteiger partial charge in [0, 0.05) is 17.2 Å². The van der Waals surface area contributed by atoms with Crippen molar-refractivity contribution in [2.45, 2.75) is 70.2 Å². The van der Waals surface area contributed by atoms with Crippen LogP contribution in [0.3, 0.4) is 0 Å². The van der Waals surface area contributed by atoms with Crippen LogP contribution in [0, 0.1) is 23.7 Å². The molecule has 1 saturated carbocycles. The molecule has 4 aliphatic heterocycles. The highest BCUT2D eigenvalue weighted by molar-refractivity contribution is 7.10. The fourth-order valence-corrected chi connectivity index (χ4v) is 6.56. The molecule has 6 rings (SSSR count). The second kappa shape index (κ2) is 5.27. The molecule has 1 aliphatic carbocycles. The summed E-state index contributed by atoms with van der Waals surface area (Å²) in [5.41, 5.74) is -0.444. The van der Waals surface area contributed by atoms with E-state index in [9.17, 15) is 0 Å². The molecule has 4 nitrogen and oxygen atoms in total. The molecule has 0 radical (unpaired) electrons. The van der Waals surface area contributed by atoms with Crippen molar-refractivity contribution in [2.24, 2.45) is 23.7 Å². The fraction of sp³-hybridized carbons (Fsp3) is 0.789. The summed E-state index contributed by atoms with van der Waals surface area (Å²) in [6.07, 6.45) is 4.12. The summed E-state index contributed by atoms with van der Waals surface area (Å²) < 4.78 is 13.0. The van der Waals surface area contributed by atoms with Gasteiger partial charge in [0.15, 0.2) is 11.9 Å². The molecule has 1 aromatic heterocycles. The van der Waals surface area contributed by atoms with Gasteiger partial charge in [-0.1, -0.05) is 19.9 Å². The highest BCUT2D eigenvalue weighted by atomic mass is 32.1. The zero-order valence-electron chi connectivity index (χ0n) is 14.6. The van der Waals surface area contributed by atoms with E-state index in [1.165, 1.54) is 11.3 Å².